The SMILES string of the molecule is Cc1ccc(-c2nnn(Cc3nn4c(=O)cc(C)nc4s3)n2)cc1. The summed E-state index contributed by atoms with van der Waals surface area (Å²) in [5, 5.41) is 17.5. The minimum absolute atomic E-state index is 0.188. The zero-order valence-corrected chi connectivity index (χ0v) is 13.9. The van der Waals surface area contributed by atoms with Crippen LogP contribution >= 0.6 is 11.3 Å². The molecule has 24 heavy (non-hydrogen) atoms. The summed E-state index contributed by atoms with van der Waals surface area (Å²) in [5.74, 6) is 0.558. The molecular formula is C15H13N7OS. The van der Waals surface area contributed by atoms with E-state index < -0.39 is 0 Å². The third-order valence-corrected chi connectivity index (χ3v) is 4.35. The van der Waals surface area contributed by atoms with Gasteiger partial charge < -0.3 is 0 Å². The summed E-state index contributed by atoms with van der Waals surface area (Å²) in [5.41, 5.74) is 2.57. The zero-order chi connectivity index (χ0) is 16.7. The lowest BCUT2D eigenvalue weighted by Crippen LogP contribution is -2.14. The van der Waals surface area contributed by atoms with E-state index in [2.05, 4.69) is 25.5 Å². The van der Waals surface area contributed by atoms with Gasteiger partial charge in [-0.1, -0.05) is 41.2 Å². The number of hydrogen-bond acceptors (Lipinski definition) is 7. The van der Waals surface area contributed by atoms with Gasteiger partial charge in [-0.15, -0.1) is 10.2 Å². The average molecular weight is 339 g/mol. The lowest BCUT2D eigenvalue weighted by molar-refractivity contribution is 0.566. The predicted octanol–water partition coefficient (Wildman–Crippen LogP) is 1.47. The number of aryl methyl sites for hydroxylation is 2. The fourth-order valence-electron chi connectivity index (χ4n) is 2.27. The minimum atomic E-state index is -0.188. The number of fused-ring (bicyclic) bond motifs is 1. The second-order valence-corrected chi connectivity index (χ2v) is 6.48. The highest BCUT2D eigenvalue weighted by Gasteiger charge is 2.11. The van der Waals surface area contributed by atoms with E-state index in [1.165, 1.54) is 32.3 Å². The van der Waals surface area contributed by atoms with E-state index in [-0.39, 0.29) is 5.56 Å². The van der Waals surface area contributed by atoms with Crippen molar-refractivity contribution in [2.75, 3.05) is 0 Å². The summed E-state index contributed by atoms with van der Waals surface area (Å²) in [7, 11) is 0. The van der Waals surface area contributed by atoms with Crippen LogP contribution in [-0.4, -0.2) is 34.8 Å². The Kier molecular flexibility index (Phi) is 3.42. The molecule has 0 bridgehead atoms. The minimum Gasteiger partial charge on any atom is -0.267 e. The molecule has 3 aromatic heterocycles. The molecule has 0 unspecified atom stereocenters. The van der Waals surface area contributed by atoms with Crippen LogP contribution in [0.2, 0.25) is 0 Å². The van der Waals surface area contributed by atoms with Crippen LogP contribution in [0.1, 0.15) is 16.3 Å². The van der Waals surface area contributed by atoms with E-state index in [4.69, 9.17) is 0 Å². The predicted molar refractivity (Wildman–Crippen MR) is 89.0 cm³/mol. The maximum absolute atomic E-state index is 11.9. The Bertz CT molecular complexity index is 1080. The Labute approximate surface area is 140 Å². The van der Waals surface area contributed by atoms with Crippen molar-refractivity contribution in [1.29, 1.82) is 0 Å². The first-order valence-electron chi connectivity index (χ1n) is 7.30. The highest BCUT2D eigenvalue weighted by atomic mass is 32.1. The van der Waals surface area contributed by atoms with Gasteiger partial charge in [0.25, 0.3) is 5.56 Å². The van der Waals surface area contributed by atoms with Crippen LogP contribution in [0.4, 0.5) is 0 Å². The zero-order valence-electron chi connectivity index (χ0n) is 13.0. The molecule has 120 valence electrons. The highest BCUT2D eigenvalue weighted by molar-refractivity contribution is 7.16. The molecule has 9 heteroatoms. The summed E-state index contributed by atoms with van der Waals surface area (Å²) >= 11 is 1.34. The van der Waals surface area contributed by atoms with Gasteiger partial charge in [0.15, 0.2) is 0 Å². The molecular weight excluding hydrogens is 326 g/mol. The summed E-state index contributed by atoms with van der Waals surface area (Å²) in [6.07, 6.45) is 0. The monoisotopic (exact) mass is 339 g/mol. The van der Waals surface area contributed by atoms with E-state index >= 15 is 0 Å². The molecule has 0 saturated heterocycles. The Morgan fingerprint density at radius 3 is 2.71 bits per heavy atom. The van der Waals surface area contributed by atoms with Gasteiger partial charge in [-0.2, -0.15) is 14.4 Å². The van der Waals surface area contributed by atoms with Gasteiger partial charge in [0.05, 0.1) is 0 Å². The van der Waals surface area contributed by atoms with Gasteiger partial charge >= 0.3 is 0 Å². The van der Waals surface area contributed by atoms with Crippen molar-refractivity contribution in [3.63, 3.8) is 0 Å². The quantitative estimate of drug-likeness (QED) is 0.561. The molecule has 0 aliphatic rings. The molecule has 0 atom stereocenters. The summed E-state index contributed by atoms with van der Waals surface area (Å²) < 4.78 is 1.30. The van der Waals surface area contributed by atoms with E-state index in [0.717, 1.165) is 5.56 Å². The normalized spacial score (nSPS) is 11.2. The van der Waals surface area contributed by atoms with Crippen LogP contribution in [0.15, 0.2) is 35.1 Å². The highest BCUT2D eigenvalue weighted by Crippen LogP contribution is 2.15. The van der Waals surface area contributed by atoms with Crippen molar-refractivity contribution >= 4 is 16.3 Å². The second-order valence-electron chi connectivity index (χ2n) is 5.44. The van der Waals surface area contributed by atoms with Crippen molar-refractivity contribution in [1.82, 2.24) is 34.8 Å². The number of hydrogen-bond donors (Lipinski definition) is 0. The first-order valence-corrected chi connectivity index (χ1v) is 8.11. The molecule has 4 rings (SSSR count). The molecule has 0 amide bonds. The van der Waals surface area contributed by atoms with E-state index in [1.807, 2.05) is 31.2 Å². The Morgan fingerprint density at radius 2 is 1.92 bits per heavy atom. The Balaban J connectivity index is 1.63. The topological polar surface area (TPSA) is 90.9 Å². The van der Waals surface area contributed by atoms with Crippen molar-refractivity contribution in [3.05, 3.63) is 57.0 Å². The van der Waals surface area contributed by atoms with Crippen LogP contribution in [0.25, 0.3) is 16.3 Å². The lowest BCUT2D eigenvalue weighted by atomic mass is 10.1. The molecule has 0 aliphatic heterocycles. The standard InChI is InChI=1S/C15H13N7OS/c1-9-3-5-11(6-4-9)14-17-20-21(19-14)8-12-18-22-13(23)7-10(2)16-15(22)24-12/h3-7H,8H2,1-2H3. The summed E-state index contributed by atoms with van der Waals surface area (Å²) in [6, 6.07) is 9.38. The van der Waals surface area contributed by atoms with Gasteiger partial charge in [-0.3, -0.25) is 4.79 Å². The molecule has 0 aliphatic carbocycles. The van der Waals surface area contributed by atoms with Crippen LogP contribution in [0.5, 0.6) is 0 Å². The average Bonchev–Trinajstić information content (AvgIpc) is 3.15. The molecule has 1 aromatic carbocycles. The Morgan fingerprint density at radius 1 is 1.12 bits per heavy atom. The third kappa shape index (κ3) is 2.69. The van der Waals surface area contributed by atoms with E-state index in [1.54, 1.807) is 6.92 Å². The molecule has 0 saturated carbocycles. The van der Waals surface area contributed by atoms with Crippen LogP contribution in [0.3, 0.4) is 0 Å². The Hall–Kier alpha value is -2.94. The fourth-order valence-corrected chi connectivity index (χ4v) is 3.19. The van der Waals surface area contributed by atoms with E-state index in [0.29, 0.717) is 28.0 Å². The van der Waals surface area contributed by atoms with Gasteiger partial charge in [-0.05, 0) is 19.1 Å². The fraction of sp³-hybridized carbons (Fsp3) is 0.200. The molecule has 0 N–H and O–H groups in total. The van der Waals surface area contributed by atoms with Crippen molar-refractivity contribution in [3.8, 4) is 11.4 Å². The van der Waals surface area contributed by atoms with Crippen molar-refractivity contribution in [2.45, 2.75) is 20.4 Å². The van der Waals surface area contributed by atoms with Gasteiger partial charge in [0, 0.05) is 17.3 Å². The van der Waals surface area contributed by atoms with Crippen LogP contribution in [0, 0.1) is 13.8 Å². The number of nitrogens with zero attached hydrogens (tertiary/aromatic N) is 7. The van der Waals surface area contributed by atoms with Crippen LogP contribution < -0.4 is 5.56 Å². The smallest absolute Gasteiger partial charge is 0.267 e. The van der Waals surface area contributed by atoms with Gasteiger partial charge in [0.1, 0.15) is 11.6 Å². The van der Waals surface area contributed by atoms with Gasteiger partial charge in [0.2, 0.25) is 10.8 Å². The van der Waals surface area contributed by atoms with Crippen molar-refractivity contribution in [2.24, 2.45) is 0 Å². The molecule has 0 spiro atoms. The maximum Gasteiger partial charge on any atom is 0.275 e. The van der Waals surface area contributed by atoms with Crippen molar-refractivity contribution < 1.29 is 0 Å². The molecule has 0 fully saturated rings. The molecule has 0 radical (unpaired) electrons. The maximum atomic E-state index is 11.9. The number of tetrazole rings is 1. The van der Waals surface area contributed by atoms with E-state index in [9.17, 15) is 4.79 Å². The summed E-state index contributed by atoms with van der Waals surface area (Å²) in [6.45, 7) is 4.15. The molecule has 3 heterocycles. The first-order chi connectivity index (χ1) is 11.6. The van der Waals surface area contributed by atoms with Gasteiger partial charge in [-0.25, -0.2) is 4.98 Å². The number of aromatic nitrogens is 7. The second kappa shape index (κ2) is 5.60. The largest absolute Gasteiger partial charge is 0.275 e. The number of rotatable bonds is 3. The summed E-state index contributed by atoms with van der Waals surface area (Å²) in [4.78, 5) is 18.2. The number of benzene rings is 1. The molecule has 4 aromatic rings. The first kappa shape index (κ1) is 14.6. The third-order valence-electron chi connectivity index (χ3n) is 3.45. The molecule has 8 nitrogen and oxygen atoms in total. The van der Waals surface area contributed by atoms with Crippen LogP contribution in [-0.2, 0) is 6.54 Å². The lowest BCUT2D eigenvalue weighted by Gasteiger charge is -1.95.